The van der Waals surface area contributed by atoms with Gasteiger partial charge in [0.05, 0.1) is 11.8 Å². The number of benzene rings is 1. The molecule has 0 spiro atoms. The summed E-state index contributed by atoms with van der Waals surface area (Å²) in [6.45, 7) is 2.56. The van der Waals surface area contributed by atoms with E-state index in [1.807, 2.05) is 42.8 Å². The Morgan fingerprint density at radius 2 is 1.97 bits per heavy atom. The number of carbonyl (C=O) groups is 1. The average molecular weight is 456 g/mol. The third-order valence-corrected chi connectivity index (χ3v) is 7.47. The Balaban J connectivity index is 1.52. The number of aromatic amines is 1. The van der Waals surface area contributed by atoms with Gasteiger partial charge in [0.2, 0.25) is 5.91 Å². The minimum absolute atomic E-state index is 0.0654. The molecule has 8 heteroatoms. The minimum Gasteiger partial charge on any atom is -0.341 e. The van der Waals surface area contributed by atoms with Crippen molar-refractivity contribution in [3.05, 3.63) is 68.4 Å². The zero-order valence-electron chi connectivity index (χ0n) is 16.9. The molecule has 0 saturated carbocycles. The van der Waals surface area contributed by atoms with Gasteiger partial charge in [-0.3, -0.25) is 9.59 Å². The lowest BCUT2D eigenvalue weighted by Crippen LogP contribution is -2.29. The lowest BCUT2D eigenvalue weighted by atomic mass is 10.2. The predicted octanol–water partition coefficient (Wildman–Crippen LogP) is 4.94. The predicted molar refractivity (Wildman–Crippen MR) is 127 cm³/mol. The van der Waals surface area contributed by atoms with Gasteiger partial charge in [-0.2, -0.15) is 0 Å². The van der Waals surface area contributed by atoms with Crippen LogP contribution in [0.4, 0.5) is 0 Å². The fourth-order valence-corrected chi connectivity index (χ4v) is 5.54. The molecule has 0 saturated heterocycles. The molecule has 4 rings (SSSR count). The number of thiophene rings is 2. The standard InChI is InChI=1S/C22H21N3O2S3/c1-13-4-9-17(30-13)16-12-29-22-20(16)21(27)23-18(24-22)10-19(26)25(2)11-14-5-7-15(28-3)8-6-14/h4-9,12H,10-11H2,1-3H3,(H,23,24,27). The smallest absolute Gasteiger partial charge is 0.260 e. The highest BCUT2D eigenvalue weighted by Gasteiger charge is 2.17. The first-order chi connectivity index (χ1) is 14.4. The maximum Gasteiger partial charge on any atom is 0.260 e. The molecule has 0 aliphatic carbocycles. The lowest BCUT2D eigenvalue weighted by Gasteiger charge is -2.17. The summed E-state index contributed by atoms with van der Waals surface area (Å²) in [6, 6.07) is 12.2. The number of thioether (sulfide) groups is 1. The number of aromatic nitrogens is 2. The second-order valence-electron chi connectivity index (χ2n) is 7.03. The zero-order chi connectivity index (χ0) is 21.3. The van der Waals surface area contributed by atoms with E-state index >= 15 is 0 Å². The second-order valence-corrected chi connectivity index (χ2v) is 10.1. The van der Waals surface area contributed by atoms with Crippen LogP contribution in [0.25, 0.3) is 20.7 Å². The van der Waals surface area contributed by atoms with Gasteiger partial charge < -0.3 is 9.88 Å². The van der Waals surface area contributed by atoms with Crippen molar-refractivity contribution < 1.29 is 4.79 Å². The van der Waals surface area contributed by atoms with Gasteiger partial charge in [-0.1, -0.05) is 12.1 Å². The van der Waals surface area contributed by atoms with Crippen LogP contribution >= 0.6 is 34.4 Å². The van der Waals surface area contributed by atoms with E-state index in [1.165, 1.54) is 21.1 Å². The molecular formula is C22H21N3O2S3. The Hall–Kier alpha value is -2.42. The van der Waals surface area contributed by atoms with E-state index in [9.17, 15) is 9.59 Å². The van der Waals surface area contributed by atoms with E-state index in [1.54, 1.807) is 35.0 Å². The van der Waals surface area contributed by atoms with Crippen LogP contribution in [-0.2, 0) is 17.8 Å². The summed E-state index contributed by atoms with van der Waals surface area (Å²) in [7, 11) is 1.77. The van der Waals surface area contributed by atoms with Crippen LogP contribution in [0, 0.1) is 6.92 Å². The third kappa shape index (κ3) is 4.35. The zero-order valence-corrected chi connectivity index (χ0v) is 19.3. The Morgan fingerprint density at radius 1 is 1.20 bits per heavy atom. The second kappa shape index (κ2) is 8.75. The highest BCUT2D eigenvalue weighted by molar-refractivity contribution is 7.98. The molecule has 30 heavy (non-hydrogen) atoms. The Bertz CT molecular complexity index is 1250. The van der Waals surface area contributed by atoms with Crippen LogP contribution in [0.2, 0.25) is 0 Å². The van der Waals surface area contributed by atoms with Gasteiger partial charge >= 0.3 is 0 Å². The molecule has 1 N–H and O–H groups in total. The van der Waals surface area contributed by atoms with Gasteiger partial charge in [0.1, 0.15) is 10.7 Å². The van der Waals surface area contributed by atoms with Crippen LogP contribution in [0.15, 0.2) is 51.5 Å². The molecule has 0 aliphatic heterocycles. The first-order valence-electron chi connectivity index (χ1n) is 9.38. The number of amides is 1. The molecule has 0 radical (unpaired) electrons. The van der Waals surface area contributed by atoms with Gasteiger partial charge in [0.15, 0.2) is 0 Å². The van der Waals surface area contributed by atoms with Crippen LogP contribution < -0.4 is 5.56 Å². The number of likely N-dealkylation sites (N-methyl/N-ethyl adjacent to an activating group) is 1. The number of H-pyrrole nitrogens is 1. The molecule has 1 amide bonds. The first kappa shape index (κ1) is 20.8. The number of aryl methyl sites for hydroxylation is 1. The third-order valence-electron chi connectivity index (χ3n) is 4.82. The number of rotatable bonds is 6. The van der Waals surface area contributed by atoms with E-state index in [2.05, 4.69) is 22.1 Å². The molecule has 154 valence electrons. The maximum atomic E-state index is 12.8. The molecule has 5 nitrogen and oxygen atoms in total. The highest BCUT2D eigenvalue weighted by atomic mass is 32.2. The molecule has 0 aliphatic rings. The van der Waals surface area contributed by atoms with Crippen LogP contribution in [0.3, 0.4) is 0 Å². The fourth-order valence-electron chi connectivity index (χ4n) is 3.21. The van der Waals surface area contributed by atoms with Crippen molar-refractivity contribution in [2.24, 2.45) is 0 Å². The van der Waals surface area contributed by atoms with Crippen molar-refractivity contribution in [2.75, 3.05) is 13.3 Å². The van der Waals surface area contributed by atoms with E-state index in [-0.39, 0.29) is 17.9 Å². The topological polar surface area (TPSA) is 66.1 Å². The summed E-state index contributed by atoms with van der Waals surface area (Å²) >= 11 is 4.78. The first-order valence-corrected chi connectivity index (χ1v) is 12.3. The van der Waals surface area contributed by atoms with Gasteiger partial charge in [0, 0.05) is 39.2 Å². The monoisotopic (exact) mass is 455 g/mol. The van der Waals surface area contributed by atoms with Crippen LogP contribution in [0.5, 0.6) is 0 Å². The minimum atomic E-state index is -0.194. The summed E-state index contributed by atoms with van der Waals surface area (Å²) in [5.74, 6) is 0.315. The number of fused-ring (bicyclic) bond motifs is 1. The summed E-state index contributed by atoms with van der Waals surface area (Å²) in [5.41, 5.74) is 1.78. The Morgan fingerprint density at radius 3 is 2.63 bits per heavy atom. The van der Waals surface area contributed by atoms with Crippen LogP contribution in [0.1, 0.15) is 16.3 Å². The molecule has 3 heterocycles. The van der Waals surface area contributed by atoms with Gasteiger partial charge in [-0.25, -0.2) is 4.98 Å². The van der Waals surface area contributed by atoms with E-state index in [0.29, 0.717) is 22.6 Å². The molecule has 3 aromatic heterocycles. The Kier molecular flexibility index (Phi) is 6.08. The molecule has 4 aromatic rings. The van der Waals surface area contributed by atoms with Crippen molar-refractivity contribution in [1.82, 2.24) is 14.9 Å². The molecule has 0 fully saturated rings. The number of nitrogens with zero attached hydrogens (tertiary/aromatic N) is 2. The molecule has 0 atom stereocenters. The van der Waals surface area contributed by atoms with Crippen LogP contribution in [-0.4, -0.2) is 34.1 Å². The van der Waals surface area contributed by atoms with Gasteiger partial charge in [0.25, 0.3) is 5.56 Å². The van der Waals surface area contributed by atoms with Crippen molar-refractivity contribution >= 4 is 50.6 Å². The normalized spacial score (nSPS) is 11.2. The number of hydrogen-bond donors (Lipinski definition) is 1. The van der Waals surface area contributed by atoms with Crippen molar-refractivity contribution in [2.45, 2.75) is 24.8 Å². The number of carbonyl (C=O) groups excluding carboxylic acids is 1. The summed E-state index contributed by atoms with van der Waals surface area (Å²) in [4.78, 5) is 38.6. The van der Waals surface area contributed by atoms with E-state index < -0.39 is 0 Å². The number of nitrogens with one attached hydrogen (secondary N) is 1. The summed E-state index contributed by atoms with van der Waals surface area (Å²) in [5, 5.41) is 2.56. The summed E-state index contributed by atoms with van der Waals surface area (Å²) in [6.07, 6.45) is 2.10. The largest absolute Gasteiger partial charge is 0.341 e. The van der Waals surface area contributed by atoms with Crippen molar-refractivity contribution in [1.29, 1.82) is 0 Å². The van der Waals surface area contributed by atoms with Crippen molar-refractivity contribution in [3.8, 4) is 10.4 Å². The molecule has 1 aromatic carbocycles. The Labute approximate surface area is 186 Å². The highest BCUT2D eigenvalue weighted by Crippen LogP contribution is 2.35. The molecule has 0 unspecified atom stereocenters. The maximum absolute atomic E-state index is 12.8. The lowest BCUT2D eigenvalue weighted by molar-refractivity contribution is -0.129. The number of hydrogen-bond acceptors (Lipinski definition) is 6. The van der Waals surface area contributed by atoms with E-state index in [0.717, 1.165) is 16.0 Å². The fraction of sp³-hybridized carbons (Fsp3) is 0.227. The molecular weight excluding hydrogens is 434 g/mol. The SMILES string of the molecule is CSc1ccc(CN(C)C(=O)Cc2nc3scc(-c4ccc(C)s4)c3c(=O)[nH]2)cc1. The average Bonchev–Trinajstić information content (AvgIpc) is 3.34. The summed E-state index contributed by atoms with van der Waals surface area (Å²) < 4.78 is 0. The van der Waals surface area contributed by atoms with Crippen molar-refractivity contribution in [3.63, 3.8) is 0 Å². The quantitative estimate of drug-likeness (QED) is 0.418. The van der Waals surface area contributed by atoms with E-state index in [4.69, 9.17) is 0 Å². The molecule has 0 bridgehead atoms. The van der Waals surface area contributed by atoms with Gasteiger partial charge in [-0.05, 0) is 43.0 Å². The van der Waals surface area contributed by atoms with Gasteiger partial charge in [-0.15, -0.1) is 34.4 Å².